The molecular weight excluding hydrogens is 493 g/mol. The zero-order valence-corrected chi connectivity index (χ0v) is 20.2. The first kappa shape index (κ1) is 25.4. The van der Waals surface area contributed by atoms with Gasteiger partial charge >= 0.3 is 12.1 Å². The van der Waals surface area contributed by atoms with E-state index in [2.05, 4.69) is 16.0 Å². The smallest absolute Gasteiger partial charge is 0.416 e. The quantitative estimate of drug-likeness (QED) is 0.417. The Balaban J connectivity index is 1.63. The van der Waals surface area contributed by atoms with Gasteiger partial charge in [0.1, 0.15) is 0 Å². The predicted molar refractivity (Wildman–Crippen MR) is 129 cm³/mol. The van der Waals surface area contributed by atoms with Crippen molar-refractivity contribution in [2.75, 3.05) is 0 Å². The van der Waals surface area contributed by atoms with Crippen molar-refractivity contribution in [1.29, 1.82) is 0 Å². The number of hydrazine groups is 1. The van der Waals surface area contributed by atoms with Crippen LogP contribution in [0.2, 0.25) is 0 Å². The van der Waals surface area contributed by atoms with Crippen molar-refractivity contribution >= 4 is 29.4 Å². The molecule has 0 radical (unpaired) electrons. The van der Waals surface area contributed by atoms with Gasteiger partial charge in [0.05, 0.1) is 23.4 Å². The number of carbonyl (C=O) groups is 2. The lowest BCUT2D eigenvalue weighted by molar-refractivity contribution is -0.137. The molecule has 36 heavy (non-hydrogen) atoms. The molecule has 1 amide bonds. The van der Waals surface area contributed by atoms with Gasteiger partial charge in [0.25, 0.3) is 5.91 Å². The van der Waals surface area contributed by atoms with Crippen LogP contribution in [-0.2, 0) is 23.1 Å². The third kappa shape index (κ3) is 4.84. The normalized spacial score (nSPS) is 18.6. The highest BCUT2D eigenvalue weighted by atomic mass is 32.1. The first-order chi connectivity index (χ1) is 17.0. The van der Waals surface area contributed by atoms with E-state index in [0.29, 0.717) is 16.0 Å². The minimum Gasteiger partial charge on any atom is -0.478 e. The van der Waals surface area contributed by atoms with Crippen molar-refractivity contribution in [3.05, 3.63) is 92.7 Å². The lowest BCUT2D eigenvalue weighted by Crippen LogP contribution is -2.57. The van der Waals surface area contributed by atoms with Crippen LogP contribution >= 0.6 is 11.3 Å². The van der Waals surface area contributed by atoms with Crippen LogP contribution < -0.4 is 10.9 Å². The van der Waals surface area contributed by atoms with Crippen LogP contribution in [0.25, 0.3) is 0 Å². The molecule has 0 saturated heterocycles. The van der Waals surface area contributed by atoms with Gasteiger partial charge in [-0.2, -0.15) is 23.3 Å². The van der Waals surface area contributed by atoms with E-state index in [0.717, 1.165) is 17.7 Å². The summed E-state index contributed by atoms with van der Waals surface area (Å²) in [6, 6.07) is 12.4. The number of amides is 1. The minimum absolute atomic E-state index is 0.102. The number of aryl methyl sites for hydroxylation is 1. The lowest BCUT2D eigenvalue weighted by Gasteiger charge is -2.35. The summed E-state index contributed by atoms with van der Waals surface area (Å²) >= 11 is 1.37. The molecule has 0 spiro atoms. The minimum atomic E-state index is -4.44. The second kappa shape index (κ2) is 9.75. The Hall–Kier alpha value is -3.70. The number of halogens is 3. The van der Waals surface area contributed by atoms with Gasteiger partial charge in [0, 0.05) is 11.4 Å². The van der Waals surface area contributed by atoms with Crippen molar-refractivity contribution in [2.24, 2.45) is 5.10 Å². The molecule has 1 aromatic heterocycles. The molecular formula is C25H23F3N4O3S. The third-order valence-corrected chi connectivity index (χ3v) is 7.18. The first-order valence-corrected chi connectivity index (χ1v) is 11.8. The van der Waals surface area contributed by atoms with Gasteiger partial charge in [0.2, 0.25) is 0 Å². The van der Waals surface area contributed by atoms with Crippen molar-refractivity contribution in [3.63, 3.8) is 0 Å². The van der Waals surface area contributed by atoms with Gasteiger partial charge in [0.15, 0.2) is 5.54 Å². The maximum atomic E-state index is 13.8. The summed E-state index contributed by atoms with van der Waals surface area (Å²) in [7, 11) is 0. The fraction of sp³-hybridized carbons (Fsp3) is 0.240. The van der Waals surface area contributed by atoms with E-state index in [-0.39, 0.29) is 18.0 Å². The van der Waals surface area contributed by atoms with Crippen molar-refractivity contribution in [3.8, 4) is 0 Å². The van der Waals surface area contributed by atoms with Crippen LogP contribution in [0.3, 0.4) is 0 Å². The van der Waals surface area contributed by atoms with Gasteiger partial charge < -0.3 is 10.4 Å². The third-order valence-electron chi connectivity index (χ3n) is 6.04. The maximum absolute atomic E-state index is 13.8. The molecule has 1 aliphatic rings. The summed E-state index contributed by atoms with van der Waals surface area (Å²) in [4.78, 5) is 25.7. The number of hydrogen-bond donors (Lipinski definition) is 3. The van der Waals surface area contributed by atoms with Crippen LogP contribution in [-0.4, -0.2) is 28.2 Å². The second-order valence-corrected chi connectivity index (χ2v) is 9.38. The number of aromatic carboxylic acids is 1. The monoisotopic (exact) mass is 516 g/mol. The Bertz CT molecular complexity index is 1290. The van der Waals surface area contributed by atoms with Crippen molar-refractivity contribution in [1.82, 2.24) is 15.9 Å². The highest BCUT2D eigenvalue weighted by Gasteiger charge is 2.50. The van der Waals surface area contributed by atoms with Gasteiger partial charge in [-0.05, 0) is 66.2 Å². The first-order valence-electron chi connectivity index (χ1n) is 10.9. The highest BCUT2D eigenvalue weighted by molar-refractivity contribution is 7.10. The fourth-order valence-corrected chi connectivity index (χ4v) is 5.11. The van der Waals surface area contributed by atoms with Crippen LogP contribution in [0, 0.1) is 6.92 Å². The summed E-state index contributed by atoms with van der Waals surface area (Å²) in [5, 5.41) is 19.7. The van der Waals surface area contributed by atoms with Crippen molar-refractivity contribution < 1.29 is 27.9 Å². The summed E-state index contributed by atoms with van der Waals surface area (Å²) in [6.07, 6.45) is -2.95. The largest absolute Gasteiger partial charge is 0.478 e. The molecule has 7 nitrogen and oxygen atoms in total. The summed E-state index contributed by atoms with van der Waals surface area (Å²) in [5.41, 5.74) is 3.00. The van der Waals surface area contributed by atoms with E-state index in [1.54, 1.807) is 24.1 Å². The number of carboxylic acid groups (broad SMARTS) is 1. The topological polar surface area (TPSA) is 94.0 Å². The van der Waals surface area contributed by atoms with Crippen LogP contribution in [0.1, 0.15) is 50.5 Å². The Labute approximate surface area is 209 Å². The van der Waals surface area contributed by atoms with Crippen LogP contribution in [0.4, 0.5) is 13.2 Å². The molecule has 2 atom stereocenters. The molecule has 188 valence electrons. The number of thiophene rings is 1. The van der Waals surface area contributed by atoms with Gasteiger partial charge in [-0.15, -0.1) is 11.3 Å². The van der Waals surface area contributed by atoms with E-state index in [9.17, 15) is 22.8 Å². The number of nitrogens with one attached hydrogen (secondary N) is 2. The summed E-state index contributed by atoms with van der Waals surface area (Å²) < 4.78 is 38.9. The fourth-order valence-electron chi connectivity index (χ4n) is 4.02. The van der Waals surface area contributed by atoms with E-state index >= 15 is 0 Å². The lowest BCUT2D eigenvalue weighted by atomic mass is 9.92. The molecule has 0 aliphatic carbocycles. The Morgan fingerprint density at radius 1 is 1.14 bits per heavy atom. The van der Waals surface area contributed by atoms with Gasteiger partial charge in [-0.25, -0.2) is 10.3 Å². The van der Waals surface area contributed by atoms with Crippen LogP contribution in [0.15, 0.2) is 65.1 Å². The zero-order chi connectivity index (χ0) is 26.1. The zero-order valence-electron chi connectivity index (χ0n) is 19.3. The standard InChI is InChI=1S/C25H23F3N4O3S/c1-15-11-12-36-21(15)24(23(35)30-16(2)18-5-7-19(8-6-18)22(33)34)14-29-31-32(24)13-17-3-9-20(10-4-17)25(26,27)28/h3-12,14,16,31H,13H2,1-2H3,(H,30,35)(H,33,34). The van der Waals surface area contributed by atoms with E-state index in [4.69, 9.17) is 5.11 Å². The number of alkyl halides is 3. The molecule has 2 unspecified atom stereocenters. The van der Waals surface area contributed by atoms with E-state index < -0.39 is 29.3 Å². The molecule has 4 rings (SSSR count). The molecule has 3 aromatic rings. The SMILES string of the molecule is Cc1ccsc1C1(C(=O)NC(C)c2ccc(C(=O)O)cc2)C=NNN1Cc1ccc(C(F)(F)F)cc1. The molecule has 0 fully saturated rings. The Kier molecular flexibility index (Phi) is 6.87. The number of carbonyl (C=O) groups excluding carboxylic acids is 1. The predicted octanol–water partition coefficient (Wildman–Crippen LogP) is 4.85. The van der Waals surface area contributed by atoms with E-state index in [1.807, 2.05) is 18.4 Å². The van der Waals surface area contributed by atoms with Gasteiger partial charge in [-0.3, -0.25) is 4.79 Å². The number of benzene rings is 2. The highest BCUT2D eigenvalue weighted by Crippen LogP contribution is 2.37. The summed E-state index contributed by atoms with van der Waals surface area (Å²) in [5.74, 6) is -1.43. The number of nitrogens with zero attached hydrogens (tertiary/aromatic N) is 2. The molecule has 0 saturated carbocycles. The number of carboxylic acids is 1. The Morgan fingerprint density at radius 3 is 2.36 bits per heavy atom. The van der Waals surface area contributed by atoms with Gasteiger partial charge in [-0.1, -0.05) is 24.3 Å². The average Bonchev–Trinajstić information content (AvgIpc) is 3.45. The maximum Gasteiger partial charge on any atom is 0.416 e. The number of hydrazone groups is 1. The molecule has 3 N–H and O–H groups in total. The molecule has 2 aromatic carbocycles. The molecule has 0 bridgehead atoms. The molecule has 11 heteroatoms. The second-order valence-electron chi connectivity index (χ2n) is 8.46. The van der Waals surface area contributed by atoms with Crippen LogP contribution in [0.5, 0.6) is 0 Å². The summed E-state index contributed by atoms with van der Waals surface area (Å²) in [6.45, 7) is 3.75. The Morgan fingerprint density at radius 2 is 1.81 bits per heavy atom. The van der Waals surface area contributed by atoms with Crippen molar-refractivity contribution in [2.45, 2.75) is 38.1 Å². The molecule has 2 heterocycles. The average molecular weight is 517 g/mol. The molecule has 1 aliphatic heterocycles. The van der Waals surface area contributed by atoms with E-state index in [1.165, 1.54) is 41.8 Å². The number of rotatable bonds is 7. The number of hydrogen-bond acceptors (Lipinski definition) is 6.